The van der Waals surface area contributed by atoms with Crippen LogP contribution in [-0.4, -0.2) is 15.2 Å². The van der Waals surface area contributed by atoms with Crippen molar-refractivity contribution in [3.05, 3.63) is 212 Å². The van der Waals surface area contributed by atoms with E-state index in [-0.39, 0.29) is 0 Å². The normalized spacial score (nSPS) is 12.1. The van der Waals surface area contributed by atoms with Gasteiger partial charge in [0.05, 0.1) is 16.1 Å². The lowest BCUT2D eigenvalue weighted by molar-refractivity contribution is 0.668. The van der Waals surface area contributed by atoms with Crippen molar-refractivity contribution in [1.82, 2.24) is 15.2 Å². The highest BCUT2D eigenvalue weighted by molar-refractivity contribution is 7.25. The number of furan rings is 2. The van der Waals surface area contributed by atoms with E-state index in [1.807, 2.05) is 36.5 Å². The summed E-state index contributed by atoms with van der Waals surface area (Å²) >= 11 is 1.69. The molecule has 15 rings (SSSR count). The molecule has 5 aromatic heterocycles. The van der Waals surface area contributed by atoms with Crippen LogP contribution in [0.1, 0.15) is 0 Å². The van der Waals surface area contributed by atoms with Crippen molar-refractivity contribution in [1.29, 1.82) is 0 Å². The first-order valence-electron chi connectivity index (χ1n) is 23.0. The number of hydrogen-bond acceptors (Lipinski definition) is 8. The largest absolute Gasteiger partial charge is 0.456 e. The molecule has 0 aliphatic carbocycles. The fourth-order valence-electron chi connectivity index (χ4n) is 10.3. The SMILES string of the molecule is c1ccc2cc3cc(N(c4ccc5c(c4)oc4ccccc45)c4cc5sc6cc(N(c7ccc8cc9ccccc9cc8c7)c7ccc8c(c7)oc7ccccc78)nnc6c5cn4)ccc3cc2c1. The molecule has 0 radical (unpaired) electrons. The van der Waals surface area contributed by atoms with Gasteiger partial charge < -0.3 is 8.83 Å². The van der Waals surface area contributed by atoms with E-state index in [0.717, 1.165) is 104 Å². The summed E-state index contributed by atoms with van der Waals surface area (Å²) in [7, 11) is 0. The standard InChI is InChI=1S/C61H35N5O2S/c1-3-11-38-27-42-29-44(19-17-40(42)25-36(38)9-1)65(46-21-23-50-48-13-5-7-15-53(48)67-55(50)31-46)59-33-57-52(35-62-59)61-58(69-57)34-60(63-64-61)66(47-22-24-51-49-14-6-8-16-54(49)68-56(51)32-47)45-20-18-41-26-37-10-2-4-12-39(37)28-43(41)30-45/h1-35H. The third kappa shape index (κ3) is 6.09. The number of para-hydroxylation sites is 2. The number of nitrogens with zero attached hydrogens (tertiary/aromatic N) is 5. The summed E-state index contributed by atoms with van der Waals surface area (Å²) in [6.45, 7) is 0. The molecule has 0 saturated carbocycles. The Bertz CT molecular complexity index is 4320. The maximum absolute atomic E-state index is 6.44. The second kappa shape index (κ2) is 14.7. The number of aromatic nitrogens is 3. The molecule has 15 aromatic rings. The van der Waals surface area contributed by atoms with Crippen LogP contribution >= 0.6 is 11.3 Å². The number of rotatable bonds is 6. The Morgan fingerprint density at radius 3 is 1.32 bits per heavy atom. The van der Waals surface area contributed by atoms with E-state index in [0.29, 0.717) is 5.82 Å². The first kappa shape index (κ1) is 38.0. The summed E-state index contributed by atoms with van der Waals surface area (Å²) in [4.78, 5) is 9.60. The van der Waals surface area contributed by atoms with Crippen LogP contribution in [0.25, 0.3) is 107 Å². The lowest BCUT2D eigenvalue weighted by Gasteiger charge is -2.24. The summed E-state index contributed by atoms with van der Waals surface area (Å²) in [6, 6.07) is 72.9. The summed E-state index contributed by atoms with van der Waals surface area (Å²) in [6.07, 6.45) is 1.94. The molecule has 8 heteroatoms. The number of benzene rings is 10. The molecule has 0 N–H and O–H groups in total. The summed E-state index contributed by atoms with van der Waals surface area (Å²) in [5.41, 5.74) is 7.97. The topological polar surface area (TPSA) is 71.4 Å². The van der Waals surface area contributed by atoms with Crippen LogP contribution < -0.4 is 9.80 Å². The molecule has 322 valence electrons. The third-order valence-electron chi connectivity index (χ3n) is 13.7. The molecule has 69 heavy (non-hydrogen) atoms. The molecule has 0 aliphatic rings. The first-order chi connectivity index (χ1) is 34.1. The van der Waals surface area contributed by atoms with Crippen molar-refractivity contribution in [3.8, 4) is 0 Å². The maximum atomic E-state index is 6.44. The molecule has 0 bridgehead atoms. The lowest BCUT2D eigenvalue weighted by Crippen LogP contribution is -2.12. The number of fused-ring (bicyclic) bond motifs is 13. The van der Waals surface area contributed by atoms with Gasteiger partial charge >= 0.3 is 0 Å². The molecule has 5 heterocycles. The smallest absolute Gasteiger partial charge is 0.161 e. The highest BCUT2D eigenvalue weighted by Crippen LogP contribution is 2.44. The van der Waals surface area contributed by atoms with Gasteiger partial charge in [-0.2, -0.15) is 0 Å². The van der Waals surface area contributed by atoms with Gasteiger partial charge in [-0.15, -0.1) is 21.5 Å². The average molecular weight is 902 g/mol. The van der Waals surface area contributed by atoms with E-state index >= 15 is 0 Å². The fraction of sp³-hybridized carbons (Fsp3) is 0. The van der Waals surface area contributed by atoms with E-state index in [1.165, 1.54) is 32.3 Å². The maximum Gasteiger partial charge on any atom is 0.161 e. The number of thiophene rings is 1. The average Bonchev–Trinajstić information content (AvgIpc) is 4.08. The minimum absolute atomic E-state index is 0.697. The van der Waals surface area contributed by atoms with E-state index in [4.69, 9.17) is 24.0 Å². The van der Waals surface area contributed by atoms with Crippen LogP contribution in [0.4, 0.5) is 34.4 Å². The van der Waals surface area contributed by atoms with Crippen molar-refractivity contribution >= 4 is 153 Å². The number of pyridine rings is 1. The van der Waals surface area contributed by atoms with Crippen LogP contribution in [0, 0.1) is 0 Å². The van der Waals surface area contributed by atoms with Crippen LogP contribution in [-0.2, 0) is 0 Å². The van der Waals surface area contributed by atoms with E-state index in [2.05, 4.69) is 186 Å². The zero-order valence-electron chi connectivity index (χ0n) is 36.7. The Hall–Kier alpha value is -9.11. The molecule has 0 saturated heterocycles. The molecule has 0 aliphatic heterocycles. The van der Waals surface area contributed by atoms with Crippen molar-refractivity contribution in [2.75, 3.05) is 9.80 Å². The van der Waals surface area contributed by atoms with Gasteiger partial charge in [-0.25, -0.2) is 4.98 Å². The number of hydrogen-bond donors (Lipinski definition) is 0. The van der Waals surface area contributed by atoms with E-state index in [9.17, 15) is 0 Å². The second-order valence-electron chi connectivity index (χ2n) is 17.7. The molecular weight excluding hydrogens is 867 g/mol. The molecule has 0 unspecified atom stereocenters. The van der Waals surface area contributed by atoms with Crippen LogP contribution in [0.3, 0.4) is 0 Å². The molecule has 0 amide bonds. The van der Waals surface area contributed by atoms with Crippen molar-refractivity contribution in [2.24, 2.45) is 0 Å². The van der Waals surface area contributed by atoms with Gasteiger partial charge in [-0.3, -0.25) is 9.80 Å². The third-order valence-corrected chi connectivity index (χ3v) is 14.8. The van der Waals surface area contributed by atoms with E-state index in [1.54, 1.807) is 11.3 Å². The lowest BCUT2D eigenvalue weighted by atomic mass is 10.0. The predicted molar refractivity (Wildman–Crippen MR) is 287 cm³/mol. The molecular formula is C61H35N5O2S. The van der Waals surface area contributed by atoms with Gasteiger partial charge in [0.1, 0.15) is 33.7 Å². The Kier molecular flexibility index (Phi) is 8.10. The van der Waals surface area contributed by atoms with Gasteiger partial charge in [0.2, 0.25) is 0 Å². The molecule has 0 fully saturated rings. The zero-order valence-corrected chi connectivity index (χ0v) is 37.5. The van der Waals surface area contributed by atoms with Gasteiger partial charge in [0, 0.05) is 67.4 Å². The molecule has 10 aromatic carbocycles. The molecule has 7 nitrogen and oxygen atoms in total. The summed E-state index contributed by atoms with van der Waals surface area (Å²) in [5, 5.41) is 24.7. The van der Waals surface area contributed by atoms with Crippen LogP contribution in [0.5, 0.6) is 0 Å². The highest BCUT2D eigenvalue weighted by atomic mass is 32.1. The van der Waals surface area contributed by atoms with Gasteiger partial charge in [-0.05, 0) is 134 Å². The van der Waals surface area contributed by atoms with Crippen molar-refractivity contribution < 1.29 is 8.83 Å². The monoisotopic (exact) mass is 901 g/mol. The highest BCUT2D eigenvalue weighted by Gasteiger charge is 2.22. The quantitative estimate of drug-likeness (QED) is 0.154. The zero-order chi connectivity index (χ0) is 45.2. The Labute approximate surface area is 397 Å². The second-order valence-corrected chi connectivity index (χ2v) is 18.8. The minimum atomic E-state index is 0.697. The first-order valence-corrected chi connectivity index (χ1v) is 23.8. The summed E-state index contributed by atoms with van der Waals surface area (Å²) in [5.74, 6) is 1.48. The summed E-state index contributed by atoms with van der Waals surface area (Å²) < 4.78 is 14.9. The predicted octanol–water partition coefficient (Wildman–Crippen LogP) is 17.6. The number of anilines is 6. The Morgan fingerprint density at radius 1 is 0.319 bits per heavy atom. The van der Waals surface area contributed by atoms with E-state index < -0.39 is 0 Å². The molecule has 0 spiro atoms. The Balaban J connectivity index is 0.887. The van der Waals surface area contributed by atoms with Crippen molar-refractivity contribution in [2.45, 2.75) is 0 Å². The van der Waals surface area contributed by atoms with Gasteiger partial charge in [-0.1, -0.05) is 97.1 Å². The Morgan fingerprint density at radius 2 is 0.754 bits per heavy atom. The van der Waals surface area contributed by atoms with Crippen LogP contribution in [0.15, 0.2) is 221 Å². The van der Waals surface area contributed by atoms with Crippen molar-refractivity contribution in [3.63, 3.8) is 0 Å². The molecule has 0 atom stereocenters. The van der Waals surface area contributed by atoms with Crippen LogP contribution in [0.2, 0.25) is 0 Å². The fourth-order valence-corrected chi connectivity index (χ4v) is 11.4. The minimum Gasteiger partial charge on any atom is -0.456 e. The van der Waals surface area contributed by atoms with Gasteiger partial charge in [0.15, 0.2) is 5.82 Å². The van der Waals surface area contributed by atoms with Gasteiger partial charge in [0.25, 0.3) is 0 Å².